The highest BCUT2D eigenvalue weighted by atomic mass is 16.7. The number of carbonyl (C=O) groups excluding carboxylic acids is 1. The van der Waals surface area contributed by atoms with Gasteiger partial charge in [0.05, 0.1) is 5.69 Å². The zero-order chi connectivity index (χ0) is 21.6. The summed E-state index contributed by atoms with van der Waals surface area (Å²) in [5.41, 5.74) is 1.95. The summed E-state index contributed by atoms with van der Waals surface area (Å²) in [6.07, 6.45) is 0.757. The Labute approximate surface area is 182 Å². The molecule has 4 rings (SSSR count). The van der Waals surface area contributed by atoms with Gasteiger partial charge in [0, 0.05) is 33.2 Å². The molecular weight excluding hydrogens is 396 g/mol. The van der Waals surface area contributed by atoms with Gasteiger partial charge in [-0.3, -0.25) is 9.79 Å². The Morgan fingerprint density at radius 1 is 1.13 bits per heavy atom. The second-order valence-electron chi connectivity index (χ2n) is 7.43. The quantitative estimate of drug-likeness (QED) is 0.418. The Bertz CT molecular complexity index is 962. The maximum Gasteiger partial charge on any atom is 0.265 e. The number of fused-ring (bicyclic) bond motifs is 2. The average molecular weight is 425 g/mol. The fraction of sp³-hybridized carbons (Fsp3) is 0.391. The topological polar surface area (TPSA) is 75.6 Å². The fourth-order valence-corrected chi connectivity index (χ4v) is 3.67. The Morgan fingerprint density at radius 3 is 2.84 bits per heavy atom. The lowest BCUT2D eigenvalue weighted by molar-refractivity contribution is -0.121. The monoisotopic (exact) mass is 424 g/mol. The van der Waals surface area contributed by atoms with Crippen LogP contribution in [0.3, 0.4) is 0 Å². The van der Waals surface area contributed by atoms with Gasteiger partial charge in [-0.2, -0.15) is 0 Å². The molecule has 2 aromatic rings. The molecule has 0 radical (unpaired) electrons. The van der Waals surface area contributed by atoms with E-state index in [-0.39, 0.29) is 19.3 Å². The molecule has 2 aromatic carbocycles. The van der Waals surface area contributed by atoms with Crippen molar-refractivity contribution in [2.45, 2.75) is 19.9 Å². The van der Waals surface area contributed by atoms with Crippen molar-refractivity contribution in [1.29, 1.82) is 0 Å². The molecule has 2 aliphatic rings. The van der Waals surface area contributed by atoms with Crippen molar-refractivity contribution in [3.63, 3.8) is 0 Å². The summed E-state index contributed by atoms with van der Waals surface area (Å²) >= 11 is 0. The number of benzene rings is 2. The molecular formula is C23H28N4O4. The van der Waals surface area contributed by atoms with Gasteiger partial charge in [-0.15, -0.1) is 0 Å². The number of hydrogen-bond donors (Lipinski definition) is 1. The summed E-state index contributed by atoms with van der Waals surface area (Å²) in [4.78, 5) is 20.9. The van der Waals surface area contributed by atoms with Crippen LogP contribution in [0.2, 0.25) is 0 Å². The number of ether oxygens (including phenoxy) is 3. The number of rotatable bonds is 7. The number of para-hydroxylation sites is 2. The van der Waals surface area contributed by atoms with E-state index in [1.165, 1.54) is 0 Å². The lowest BCUT2D eigenvalue weighted by atomic mass is 10.2. The third-order valence-electron chi connectivity index (χ3n) is 5.16. The van der Waals surface area contributed by atoms with Crippen molar-refractivity contribution >= 4 is 17.6 Å². The lowest BCUT2D eigenvalue weighted by Gasteiger charge is -2.29. The first kappa shape index (κ1) is 20.8. The predicted octanol–water partition coefficient (Wildman–Crippen LogP) is 2.63. The van der Waals surface area contributed by atoms with Crippen LogP contribution < -0.4 is 24.4 Å². The van der Waals surface area contributed by atoms with Gasteiger partial charge in [0.2, 0.25) is 6.79 Å². The summed E-state index contributed by atoms with van der Waals surface area (Å²) < 4.78 is 16.4. The molecule has 0 aliphatic carbocycles. The molecule has 2 aliphatic heterocycles. The van der Waals surface area contributed by atoms with Crippen LogP contribution in [0.25, 0.3) is 0 Å². The van der Waals surface area contributed by atoms with Crippen molar-refractivity contribution in [1.82, 2.24) is 10.2 Å². The van der Waals surface area contributed by atoms with Crippen LogP contribution in [0.1, 0.15) is 18.9 Å². The zero-order valence-corrected chi connectivity index (χ0v) is 18.0. The van der Waals surface area contributed by atoms with Crippen molar-refractivity contribution in [2.75, 3.05) is 45.0 Å². The van der Waals surface area contributed by atoms with Crippen molar-refractivity contribution in [3.8, 4) is 17.2 Å². The highest BCUT2D eigenvalue weighted by Crippen LogP contribution is 2.33. The van der Waals surface area contributed by atoms with Gasteiger partial charge < -0.3 is 29.3 Å². The minimum atomic E-state index is -0.0190. The first-order chi connectivity index (χ1) is 15.2. The van der Waals surface area contributed by atoms with E-state index in [1.54, 1.807) is 4.90 Å². The number of anilines is 1. The molecule has 8 heteroatoms. The Morgan fingerprint density at radius 2 is 1.97 bits per heavy atom. The minimum Gasteiger partial charge on any atom is -0.482 e. The SMILES string of the molecule is CCNC(=NCCCN1C(=O)COc2ccccc21)N(C)Cc1ccc2c(c1)OCO2. The second-order valence-corrected chi connectivity index (χ2v) is 7.43. The van der Waals surface area contributed by atoms with Gasteiger partial charge in [0.15, 0.2) is 24.1 Å². The van der Waals surface area contributed by atoms with E-state index in [4.69, 9.17) is 19.2 Å². The molecule has 1 amide bonds. The van der Waals surface area contributed by atoms with Gasteiger partial charge in [0.25, 0.3) is 5.91 Å². The molecule has 0 saturated heterocycles. The predicted molar refractivity (Wildman–Crippen MR) is 119 cm³/mol. The molecule has 0 atom stereocenters. The summed E-state index contributed by atoms with van der Waals surface area (Å²) in [5, 5.41) is 3.34. The number of carbonyl (C=O) groups is 1. The summed E-state index contributed by atoms with van der Waals surface area (Å²) in [5.74, 6) is 3.13. The van der Waals surface area contributed by atoms with E-state index in [2.05, 4.69) is 10.2 Å². The van der Waals surface area contributed by atoms with Crippen molar-refractivity contribution < 1.29 is 19.0 Å². The van der Waals surface area contributed by atoms with Crippen LogP contribution in [0.5, 0.6) is 17.2 Å². The largest absolute Gasteiger partial charge is 0.482 e. The second kappa shape index (κ2) is 9.59. The highest BCUT2D eigenvalue weighted by Gasteiger charge is 2.24. The van der Waals surface area contributed by atoms with Crippen LogP contribution in [-0.4, -0.2) is 56.8 Å². The molecule has 164 valence electrons. The smallest absolute Gasteiger partial charge is 0.265 e. The van der Waals surface area contributed by atoms with E-state index in [0.29, 0.717) is 19.6 Å². The highest BCUT2D eigenvalue weighted by molar-refractivity contribution is 5.97. The van der Waals surface area contributed by atoms with E-state index in [0.717, 1.165) is 47.4 Å². The Kier molecular flexibility index (Phi) is 6.45. The summed E-state index contributed by atoms with van der Waals surface area (Å²) in [7, 11) is 2.01. The number of hydrogen-bond acceptors (Lipinski definition) is 5. The number of aliphatic imine (C=N–C) groups is 1. The fourth-order valence-electron chi connectivity index (χ4n) is 3.67. The van der Waals surface area contributed by atoms with Crippen LogP contribution in [0.4, 0.5) is 5.69 Å². The van der Waals surface area contributed by atoms with Crippen molar-refractivity contribution in [3.05, 3.63) is 48.0 Å². The minimum absolute atomic E-state index is 0.0190. The number of guanidine groups is 1. The van der Waals surface area contributed by atoms with E-state index in [1.807, 2.05) is 56.4 Å². The molecule has 0 spiro atoms. The van der Waals surface area contributed by atoms with Crippen LogP contribution >= 0.6 is 0 Å². The molecule has 1 N–H and O–H groups in total. The summed E-state index contributed by atoms with van der Waals surface area (Å²) in [6, 6.07) is 13.6. The Hall–Kier alpha value is -3.42. The molecule has 31 heavy (non-hydrogen) atoms. The number of nitrogens with one attached hydrogen (secondary N) is 1. The third kappa shape index (κ3) is 4.84. The van der Waals surface area contributed by atoms with E-state index in [9.17, 15) is 4.79 Å². The van der Waals surface area contributed by atoms with E-state index < -0.39 is 0 Å². The molecule has 8 nitrogen and oxygen atoms in total. The van der Waals surface area contributed by atoms with Crippen molar-refractivity contribution in [2.24, 2.45) is 4.99 Å². The first-order valence-electron chi connectivity index (χ1n) is 10.6. The molecule has 0 unspecified atom stereocenters. The zero-order valence-electron chi connectivity index (χ0n) is 18.0. The first-order valence-corrected chi connectivity index (χ1v) is 10.6. The standard InChI is InChI=1S/C23H28N4O4/c1-3-24-23(26(2)14-17-9-10-20-21(13-17)31-16-30-20)25-11-6-12-27-18-7-4-5-8-19(18)29-15-22(27)28/h4-5,7-10,13H,3,6,11-12,14-16H2,1-2H3,(H,24,25). The number of nitrogens with zero attached hydrogens (tertiary/aromatic N) is 3. The molecule has 0 fully saturated rings. The number of amides is 1. The van der Waals surface area contributed by atoms with E-state index >= 15 is 0 Å². The van der Waals surface area contributed by atoms with Crippen LogP contribution in [-0.2, 0) is 11.3 Å². The van der Waals surface area contributed by atoms with Gasteiger partial charge in [-0.1, -0.05) is 18.2 Å². The Balaban J connectivity index is 1.35. The van der Waals surface area contributed by atoms with Gasteiger partial charge in [0.1, 0.15) is 5.75 Å². The molecule has 0 saturated carbocycles. The van der Waals surface area contributed by atoms with Crippen LogP contribution in [0, 0.1) is 0 Å². The maximum atomic E-state index is 12.3. The third-order valence-corrected chi connectivity index (χ3v) is 5.16. The molecule has 0 aromatic heterocycles. The normalized spacial score (nSPS) is 14.8. The van der Waals surface area contributed by atoms with Gasteiger partial charge >= 0.3 is 0 Å². The van der Waals surface area contributed by atoms with Gasteiger partial charge in [-0.05, 0) is 43.2 Å². The molecule has 2 heterocycles. The molecule has 0 bridgehead atoms. The lowest BCUT2D eigenvalue weighted by Crippen LogP contribution is -2.40. The summed E-state index contributed by atoms with van der Waals surface area (Å²) in [6.45, 7) is 5.09. The maximum absolute atomic E-state index is 12.3. The van der Waals surface area contributed by atoms with Crippen LogP contribution in [0.15, 0.2) is 47.5 Å². The van der Waals surface area contributed by atoms with Gasteiger partial charge in [-0.25, -0.2) is 0 Å². The average Bonchev–Trinajstić information content (AvgIpc) is 3.25.